The van der Waals surface area contributed by atoms with Gasteiger partial charge in [0.2, 0.25) is 11.9 Å². The van der Waals surface area contributed by atoms with Gasteiger partial charge >= 0.3 is 17.4 Å². The van der Waals surface area contributed by atoms with Crippen molar-refractivity contribution in [2.24, 2.45) is 15.7 Å². The van der Waals surface area contributed by atoms with Crippen molar-refractivity contribution in [2.75, 3.05) is 5.32 Å². The number of halogens is 1. The zero-order valence-electron chi connectivity index (χ0n) is 19.0. The molecular weight excluding hydrogens is 486 g/mol. The van der Waals surface area contributed by atoms with Gasteiger partial charge in [-0.1, -0.05) is 29.8 Å². The molecule has 0 bridgehead atoms. The summed E-state index contributed by atoms with van der Waals surface area (Å²) in [5.41, 5.74) is 5.07. The second kappa shape index (κ2) is 11.3. The van der Waals surface area contributed by atoms with Crippen LogP contribution in [0.3, 0.4) is 0 Å². The van der Waals surface area contributed by atoms with Crippen LogP contribution in [-0.2, 0) is 17.9 Å². The number of anilines is 2. The lowest BCUT2D eigenvalue weighted by molar-refractivity contribution is -0.118. The molecule has 0 spiro atoms. The van der Waals surface area contributed by atoms with Gasteiger partial charge < -0.3 is 15.8 Å². The highest BCUT2D eigenvalue weighted by molar-refractivity contribution is 6.30. The molecule has 1 amide bonds. The molecule has 2 heterocycles. The summed E-state index contributed by atoms with van der Waals surface area (Å²) in [7, 11) is 0. The highest BCUT2D eigenvalue weighted by Crippen LogP contribution is 2.20. The van der Waals surface area contributed by atoms with Crippen LogP contribution in [-0.4, -0.2) is 32.3 Å². The van der Waals surface area contributed by atoms with Crippen LogP contribution in [0.4, 0.5) is 11.6 Å². The van der Waals surface area contributed by atoms with Crippen molar-refractivity contribution >= 4 is 41.4 Å². The third-order valence-electron chi connectivity index (χ3n) is 5.04. The van der Waals surface area contributed by atoms with Gasteiger partial charge in [0, 0.05) is 42.5 Å². The van der Waals surface area contributed by atoms with Crippen LogP contribution in [0.15, 0.2) is 80.4 Å². The molecule has 3 N–H and O–H groups in total. The third-order valence-corrected chi connectivity index (χ3v) is 5.29. The predicted octanol–water partition coefficient (Wildman–Crippen LogP) is 2.45. The molecule has 0 saturated heterocycles. The van der Waals surface area contributed by atoms with E-state index in [0.29, 0.717) is 22.9 Å². The number of nitrogens with zero attached hydrogens (tertiary/aromatic N) is 5. The molecule has 184 valence electrons. The minimum atomic E-state index is -0.798. The molecule has 3 aromatic rings. The first-order chi connectivity index (χ1) is 17.4. The number of primary amides is 1. The highest BCUT2D eigenvalue weighted by atomic mass is 35.5. The smallest absolute Gasteiger partial charge is 0.354 e. The summed E-state index contributed by atoms with van der Waals surface area (Å²) < 4.78 is 7.84. The second-order valence-electron chi connectivity index (χ2n) is 7.68. The minimum absolute atomic E-state index is 0.0341. The Morgan fingerprint density at radius 2 is 1.83 bits per heavy atom. The van der Waals surface area contributed by atoms with E-state index >= 15 is 0 Å². The summed E-state index contributed by atoms with van der Waals surface area (Å²) >= 11 is 5.97. The molecule has 0 unspecified atom stereocenters. The predicted molar refractivity (Wildman–Crippen MR) is 137 cm³/mol. The van der Waals surface area contributed by atoms with E-state index in [1.165, 1.54) is 4.57 Å². The molecule has 12 heteroatoms. The Kier molecular flexibility index (Phi) is 7.71. The molecule has 0 saturated carbocycles. The molecule has 1 aromatic heterocycles. The van der Waals surface area contributed by atoms with E-state index in [4.69, 9.17) is 22.1 Å². The maximum absolute atomic E-state index is 13.2. The quantitative estimate of drug-likeness (QED) is 0.479. The normalized spacial score (nSPS) is 12.6. The Balaban J connectivity index is 1.63. The van der Waals surface area contributed by atoms with E-state index < -0.39 is 17.3 Å². The number of carbonyl (C=O) groups is 1. The van der Waals surface area contributed by atoms with Gasteiger partial charge in [0.15, 0.2) is 0 Å². The van der Waals surface area contributed by atoms with Crippen LogP contribution < -0.4 is 27.2 Å². The van der Waals surface area contributed by atoms with Crippen LogP contribution >= 0.6 is 11.6 Å². The molecule has 0 atom stereocenters. The number of hydrogen-bond donors (Lipinski definition) is 2. The van der Waals surface area contributed by atoms with Gasteiger partial charge in [-0.2, -0.15) is 4.98 Å². The number of nitrogens with one attached hydrogen (secondary N) is 1. The fraction of sp³-hybridized carbons (Fsp3) is 0.167. The van der Waals surface area contributed by atoms with Gasteiger partial charge in [-0.3, -0.25) is 9.36 Å². The number of amides is 1. The third kappa shape index (κ3) is 6.33. The molecule has 0 fully saturated rings. The summed E-state index contributed by atoms with van der Waals surface area (Å²) in [6.45, 7) is -0.0663. The van der Waals surface area contributed by atoms with E-state index in [2.05, 4.69) is 20.3 Å². The van der Waals surface area contributed by atoms with E-state index in [-0.39, 0.29) is 31.5 Å². The van der Waals surface area contributed by atoms with Gasteiger partial charge in [-0.05, 0) is 42.0 Å². The topological polar surface area (TPSA) is 146 Å². The van der Waals surface area contributed by atoms with E-state index in [1.54, 1.807) is 60.9 Å². The average molecular weight is 508 g/mol. The number of carbonyl (C=O) groups excluding carboxylic acids is 1. The van der Waals surface area contributed by atoms with Crippen LogP contribution in [0.1, 0.15) is 18.4 Å². The van der Waals surface area contributed by atoms with E-state index in [0.717, 1.165) is 10.1 Å². The van der Waals surface area contributed by atoms with Gasteiger partial charge in [0.05, 0.1) is 6.54 Å². The summed E-state index contributed by atoms with van der Waals surface area (Å²) in [6, 6.07) is 13.9. The molecular formula is C24H22ClN7O4. The van der Waals surface area contributed by atoms with Gasteiger partial charge in [0.1, 0.15) is 5.75 Å². The highest BCUT2D eigenvalue weighted by Gasteiger charge is 2.15. The molecule has 36 heavy (non-hydrogen) atoms. The lowest BCUT2D eigenvalue weighted by Gasteiger charge is -2.16. The van der Waals surface area contributed by atoms with E-state index in [1.807, 2.05) is 6.08 Å². The largest absolute Gasteiger partial charge is 0.424 e. The molecule has 2 aromatic carbocycles. The Hall–Kier alpha value is -4.51. The fourth-order valence-corrected chi connectivity index (χ4v) is 3.37. The standard InChI is InChI=1S/C24H22ClN7O4/c25-17-5-3-16(4-6-17)15-32-21(30-23(34)31(24(32)35)14-11-20(26)33)29-18-7-9-19(10-8-18)36-22-27-12-1-2-13-28-22/h1,3-10,12-13H,2,11,14-15H2,(H2,26,33)(H,29,30,34). The summed E-state index contributed by atoms with van der Waals surface area (Å²) in [5.74, 6) is -0.0986. The van der Waals surface area contributed by atoms with Crippen LogP contribution in [0, 0.1) is 0 Å². The molecule has 0 aliphatic carbocycles. The maximum atomic E-state index is 13.2. The number of benzene rings is 2. The lowest BCUT2D eigenvalue weighted by atomic mass is 10.2. The van der Waals surface area contributed by atoms with Gasteiger partial charge in [-0.25, -0.2) is 24.1 Å². The number of allylic oxidation sites excluding steroid dienone is 1. The SMILES string of the molecule is NC(=O)CCn1c(=O)nc(Nc2ccc(OC3=NC=CCC=N3)cc2)n(Cc2ccc(Cl)cc2)c1=O. The zero-order valence-corrected chi connectivity index (χ0v) is 19.8. The first kappa shape index (κ1) is 24.6. The van der Waals surface area contributed by atoms with Crippen molar-refractivity contribution in [2.45, 2.75) is 25.9 Å². The first-order valence-corrected chi connectivity index (χ1v) is 11.3. The molecule has 4 rings (SSSR count). The Morgan fingerprint density at radius 3 is 2.56 bits per heavy atom. The lowest BCUT2D eigenvalue weighted by Crippen LogP contribution is -2.43. The monoisotopic (exact) mass is 507 g/mol. The Morgan fingerprint density at radius 1 is 1.08 bits per heavy atom. The second-order valence-corrected chi connectivity index (χ2v) is 8.11. The van der Waals surface area contributed by atoms with Crippen molar-refractivity contribution < 1.29 is 9.53 Å². The number of ether oxygens (including phenoxy) is 1. The Bertz CT molecular complexity index is 1460. The van der Waals surface area contributed by atoms with Crippen LogP contribution in [0.25, 0.3) is 0 Å². The molecule has 11 nitrogen and oxygen atoms in total. The summed E-state index contributed by atoms with van der Waals surface area (Å²) in [4.78, 5) is 49.3. The number of aliphatic imine (C=N–C) groups is 2. The number of nitrogens with two attached hydrogens (primary N) is 1. The first-order valence-electron chi connectivity index (χ1n) is 10.9. The zero-order chi connectivity index (χ0) is 25.5. The van der Waals surface area contributed by atoms with Crippen LogP contribution in [0.2, 0.25) is 5.02 Å². The van der Waals surface area contributed by atoms with Crippen molar-refractivity contribution in [3.05, 3.63) is 92.4 Å². The van der Waals surface area contributed by atoms with Gasteiger partial charge in [-0.15, -0.1) is 0 Å². The summed E-state index contributed by atoms with van der Waals surface area (Å²) in [6.07, 6.45) is 5.67. The van der Waals surface area contributed by atoms with Crippen molar-refractivity contribution in [1.29, 1.82) is 0 Å². The number of amidine groups is 1. The number of hydrogen-bond acceptors (Lipinski definition) is 8. The van der Waals surface area contributed by atoms with Gasteiger partial charge in [0.25, 0.3) is 0 Å². The maximum Gasteiger partial charge on any atom is 0.354 e. The van der Waals surface area contributed by atoms with Crippen molar-refractivity contribution in [1.82, 2.24) is 14.1 Å². The number of rotatable bonds is 8. The molecule has 0 radical (unpaired) electrons. The number of aromatic nitrogens is 3. The van der Waals surface area contributed by atoms with Crippen molar-refractivity contribution in [3.8, 4) is 5.75 Å². The molecule has 1 aliphatic heterocycles. The van der Waals surface area contributed by atoms with Crippen LogP contribution in [0.5, 0.6) is 5.75 Å². The Labute approximate surface area is 210 Å². The summed E-state index contributed by atoms with van der Waals surface area (Å²) in [5, 5.41) is 3.56. The molecule has 1 aliphatic rings. The van der Waals surface area contributed by atoms with Crippen molar-refractivity contribution in [3.63, 3.8) is 0 Å². The fourth-order valence-electron chi connectivity index (χ4n) is 3.25. The van der Waals surface area contributed by atoms with E-state index in [9.17, 15) is 14.4 Å². The average Bonchev–Trinajstić information content (AvgIpc) is 3.12. The minimum Gasteiger partial charge on any atom is -0.424 e.